The zero-order valence-electron chi connectivity index (χ0n) is 12.7. The molecule has 2 N–H and O–H groups in total. The number of aromatic nitrogens is 2. The maximum atomic E-state index is 5.55. The topological polar surface area (TPSA) is 60.3 Å². The third-order valence-corrected chi connectivity index (χ3v) is 2.96. The highest BCUT2D eigenvalue weighted by atomic mass is 32.1. The lowest BCUT2D eigenvalue weighted by Gasteiger charge is -2.13. The summed E-state index contributed by atoms with van der Waals surface area (Å²) in [5.74, 6) is 0.765. The first kappa shape index (κ1) is 16.3. The van der Waals surface area contributed by atoms with E-state index >= 15 is 0 Å². The van der Waals surface area contributed by atoms with Crippen LogP contribution >= 0.6 is 12.2 Å². The molecule has 1 aromatic heterocycles. The van der Waals surface area contributed by atoms with E-state index in [4.69, 9.17) is 21.7 Å². The summed E-state index contributed by atoms with van der Waals surface area (Å²) in [6.45, 7) is 5.56. The van der Waals surface area contributed by atoms with Gasteiger partial charge in [0.05, 0.1) is 30.4 Å². The van der Waals surface area contributed by atoms with Crippen molar-refractivity contribution in [2.24, 2.45) is 0 Å². The Morgan fingerprint density at radius 3 is 2.82 bits per heavy atom. The van der Waals surface area contributed by atoms with Crippen LogP contribution in [0, 0.1) is 0 Å². The molecule has 1 aromatic carbocycles. The largest absolute Gasteiger partial charge is 0.492 e. The number of hydrogen-bond acceptors (Lipinski definition) is 4. The van der Waals surface area contributed by atoms with Crippen LogP contribution < -0.4 is 15.4 Å². The number of rotatable bonds is 7. The fraction of sp³-hybridized carbons (Fsp3) is 0.333. The second kappa shape index (κ2) is 8.35. The predicted octanol–water partition coefficient (Wildman–Crippen LogP) is 3.08. The van der Waals surface area contributed by atoms with Gasteiger partial charge in [-0.1, -0.05) is 12.1 Å². The summed E-state index contributed by atoms with van der Waals surface area (Å²) in [7, 11) is 0. The van der Waals surface area contributed by atoms with Crippen molar-refractivity contribution < 1.29 is 9.47 Å². The lowest BCUT2D eigenvalue weighted by Crippen LogP contribution is -2.19. The number of benzene rings is 1. The normalized spacial score (nSPS) is 10.3. The third-order valence-electron chi connectivity index (χ3n) is 2.75. The number of nitrogens with zero attached hydrogens (tertiary/aromatic N) is 2. The van der Waals surface area contributed by atoms with Gasteiger partial charge in [0, 0.05) is 6.61 Å². The highest BCUT2D eigenvalue weighted by Gasteiger charge is 2.06. The van der Waals surface area contributed by atoms with Gasteiger partial charge in [-0.05, 0) is 38.2 Å². The van der Waals surface area contributed by atoms with Crippen LogP contribution in [0.5, 0.6) is 5.75 Å². The Balaban J connectivity index is 1.94. The van der Waals surface area contributed by atoms with Crippen LogP contribution in [0.15, 0.2) is 36.7 Å². The zero-order valence-corrected chi connectivity index (χ0v) is 13.5. The molecule has 0 aliphatic rings. The van der Waals surface area contributed by atoms with E-state index < -0.39 is 0 Å². The number of nitrogens with one attached hydrogen (secondary N) is 2. The van der Waals surface area contributed by atoms with Gasteiger partial charge in [-0.2, -0.15) is 5.10 Å². The SMILES string of the molecule is CCOCn1cc(NC(=S)Nc2ccccc2OCC)cn1. The standard InChI is InChI=1S/C15H20N4O2S/c1-3-20-11-19-10-12(9-16-19)17-15(22)18-13-7-5-6-8-14(13)21-4-2/h5-10H,3-4,11H2,1-2H3,(H2,17,18,22). The van der Waals surface area contributed by atoms with E-state index in [1.54, 1.807) is 10.9 Å². The fourth-order valence-electron chi connectivity index (χ4n) is 1.82. The van der Waals surface area contributed by atoms with E-state index in [2.05, 4.69) is 15.7 Å². The van der Waals surface area contributed by atoms with Crippen molar-refractivity contribution >= 4 is 28.7 Å². The number of hydrogen-bond donors (Lipinski definition) is 2. The van der Waals surface area contributed by atoms with Gasteiger partial charge in [0.2, 0.25) is 0 Å². The second-order valence-electron chi connectivity index (χ2n) is 4.40. The Hall–Kier alpha value is -2.12. The lowest BCUT2D eigenvalue weighted by atomic mass is 10.3. The van der Waals surface area contributed by atoms with Crippen LogP contribution in [-0.4, -0.2) is 28.1 Å². The second-order valence-corrected chi connectivity index (χ2v) is 4.81. The van der Waals surface area contributed by atoms with Crippen LogP contribution in [0.2, 0.25) is 0 Å². The molecular weight excluding hydrogens is 300 g/mol. The number of thiocarbonyl (C=S) groups is 1. The molecule has 0 saturated heterocycles. The van der Waals surface area contributed by atoms with Crippen molar-refractivity contribution in [1.29, 1.82) is 0 Å². The highest BCUT2D eigenvalue weighted by molar-refractivity contribution is 7.80. The summed E-state index contributed by atoms with van der Waals surface area (Å²) in [5.41, 5.74) is 1.62. The van der Waals surface area contributed by atoms with Crippen molar-refractivity contribution in [3.63, 3.8) is 0 Å². The Bertz CT molecular complexity index is 615. The summed E-state index contributed by atoms with van der Waals surface area (Å²) < 4.78 is 12.5. The van der Waals surface area contributed by atoms with Gasteiger partial charge in [-0.25, -0.2) is 4.68 Å². The van der Waals surface area contributed by atoms with Crippen molar-refractivity contribution in [3.05, 3.63) is 36.7 Å². The Labute approximate surface area is 135 Å². The van der Waals surface area contributed by atoms with E-state index in [0.717, 1.165) is 17.1 Å². The Kier molecular flexibility index (Phi) is 6.17. The van der Waals surface area contributed by atoms with Crippen molar-refractivity contribution in [2.75, 3.05) is 23.8 Å². The van der Waals surface area contributed by atoms with Crippen LogP contribution in [0.3, 0.4) is 0 Å². The lowest BCUT2D eigenvalue weighted by molar-refractivity contribution is 0.0792. The molecule has 0 atom stereocenters. The van der Waals surface area contributed by atoms with E-state index in [9.17, 15) is 0 Å². The first-order chi connectivity index (χ1) is 10.7. The predicted molar refractivity (Wildman–Crippen MR) is 91.3 cm³/mol. The maximum Gasteiger partial charge on any atom is 0.175 e. The molecule has 0 bridgehead atoms. The molecule has 118 valence electrons. The monoisotopic (exact) mass is 320 g/mol. The first-order valence-electron chi connectivity index (χ1n) is 7.13. The molecule has 0 fully saturated rings. The maximum absolute atomic E-state index is 5.55. The van der Waals surface area contributed by atoms with Crippen LogP contribution in [0.4, 0.5) is 11.4 Å². The van der Waals surface area contributed by atoms with Crippen molar-refractivity contribution in [2.45, 2.75) is 20.6 Å². The molecule has 2 aromatic rings. The molecule has 2 rings (SSSR count). The quantitative estimate of drug-likeness (QED) is 0.765. The van der Waals surface area contributed by atoms with Gasteiger partial charge in [-0.15, -0.1) is 0 Å². The number of ether oxygens (including phenoxy) is 2. The minimum Gasteiger partial charge on any atom is -0.492 e. The minimum atomic E-state index is 0.422. The van der Waals surface area contributed by atoms with Crippen molar-refractivity contribution in [3.8, 4) is 5.75 Å². The Morgan fingerprint density at radius 1 is 1.23 bits per heavy atom. The molecule has 0 amide bonds. The summed E-state index contributed by atoms with van der Waals surface area (Å²) >= 11 is 5.31. The highest BCUT2D eigenvalue weighted by Crippen LogP contribution is 2.23. The van der Waals surface area contributed by atoms with E-state index in [1.807, 2.05) is 44.3 Å². The van der Waals surface area contributed by atoms with E-state index in [0.29, 0.717) is 25.1 Å². The summed E-state index contributed by atoms with van der Waals surface area (Å²) in [4.78, 5) is 0. The summed E-state index contributed by atoms with van der Waals surface area (Å²) in [6, 6.07) is 7.66. The van der Waals surface area contributed by atoms with Gasteiger partial charge >= 0.3 is 0 Å². The molecule has 0 unspecified atom stereocenters. The zero-order chi connectivity index (χ0) is 15.8. The van der Waals surface area contributed by atoms with Gasteiger partial charge < -0.3 is 20.1 Å². The van der Waals surface area contributed by atoms with E-state index in [1.165, 1.54) is 0 Å². The molecule has 0 aliphatic heterocycles. The van der Waals surface area contributed by atoms with Crippen LogP contribution in [0.1, 0.15) is 13.8 Å². The van der Waals surface area contributed by atoms with Gasteiger partial charge in [0.25, 0.3) is 0 Å². The van der Waals surface area contributed by atoms with Crippen LogP contribution in [-0.2, 0) is 11.5 Å². The molecule has 0 radical (unpaired) electrons. The number of anilines is 2. The average Bonchev–Trinajstić information content (AvgIpc) is 2.94. The first-order valence-corrected chi connectivity index (χ1v) is 7.53. The van der Waals surface area contributed by atoms with E-state index in [-0.39, 0.29) is 0 Å². The molecule has 6 nitrogen and oxygen atoms in total. The molecule has 1 heterocycles. The molecule has 0 saturated carbocycles. The van der Waals surface area contributed by atoms with Crippen LogP contribution in [0.25, 0.3) is 0 Å². The molecule has 22 heavy (non-hydrogen) atoms. The third kappa shape index (κ3) is 4.71. The van der Waals surface area contributed by atoms with Gasteiger partial charge in [0.1, 0.15) is 12.5 Å². The van der Waals surface area contributed by atoms with Gasteiger partial charge in [-0.3, -0.25) is 0 Å². The fourth-order valence-corrected chi connectivity index (χ4v) is 2.05. The Morgan fingerprint density at radius 2 is 2.05 bits per heavy atom. The number of para-hydroxylation sites is 2. The smallest absolute Gasteiger partial charge is 0.175 e. The average molecular weight is 320 g/mol. The molecule has 7 heteroatoms. The minimum absolute atomic E-state index is 0.422. The molecule has 0 aliphatic carbocycles. The van der Waals surface area contributed by atoms with Gasteiger partial charge in [0.15, 0.2) is 5.11 Å². The van der Waals surface area contributed by atoms with Crippen molar-refractivity contribution in [1.82, 2.24) is 9.78 Å². The molecular formula is C15H20N4O2S. The summed E-state index contributed by atoms with van der Waals surface area (Å²) in [6.07, 6.45) is 3.53. The summed E-state index contributed by atoms with van der Waals surface area (Å²) in [5, 5.41) is 10.9. The molecule has 0 spiro atoms.